The minimum Gasteiger partial charge on any atom is -0.481 e. The van der Waals surface area contributed by atoms with E-state index >= 15 is 0 Å². The highest BCUT2D eigenvalue weighted by atomic mass is 32.1. The van der Waals surface area contributed by atoms with Crippen molar-refractivity contribution in [1.82, 2.24) is 0 Å². The number of fused-ring (bicyclic) bond motifs is 1. The molecule has 1 aromatic carbocycles. The fourth-order valence-electron chi connectivity index (χ4n) is 2.20. The summed E-state index contributed by atoms with van der Waals surface area (Å²) in [6.45, 7) is 8.73. The van der Waals surface area contributed by atoms with Crippen LogP contribution in [0.5, 0.6) is 0 Å². The van der Waals surface area contributed by atoms with E-state index in [0.29, 0.717) is 6.42 Å². The molecule has 0 radical (unpaired) electrons. The van der Waals surface area contributed by atoms with Gasteiger partial charge in [-0.2, -0.15) is 0 Å². The zero-order valence-corrected chi connectivity index (χ0v) is 12.7. The highest BCUT2D eigenvalue weighted by Crippen LogP contribution is 2.34. The monoisotopic (exact) mass is 276 g/mol. The number of aliphatic carboxylic acids is 1. The van der Waals surface area contributed by atoms with Crippen molar-refractivity contribution in [3.05, 3.63) is 34.2 Å². The third kappa shape index (κ3) is 2.98. The highest BCUT2D eigenvalue weighted by molar-refractivity contribution is 7.19. The lowest BCUT2D eigenvalue weighted by Gasteiger charge is -2.19. The van der Waals surface area contributed by atoms with Gasteiger partial charge in [0, 0.05) is 9.58 Å². The minimum atomic E-state index is -0.729. The molecule has 0 fully saturated rings. The van der Waals surface area contributed by atoms with Crippen LogP contribution in [0.2, 0.25) is 0 Å². The predicted octanol–water partition coefficient (Wildman–Crippen LogP) is 4.52. The maximum atomic E-state index is 10.7. The maximum Gasteiger partial charge on any atom is 0.303 e. The van der Waals surface area contributed by atoms with E-state index < -0.39 is 5.97 Å². The fraction of sp³-hybridized carbons (Fsp3) is 0.438. The summed E-state index contributed by atoms with van der Waals surface area (Å²) >= 11 is 1.72. The van der Waals surface area contributed by atoms with Crippen molar-refractivity contribution in [3.8, 4) is 0 Å². The summed E-state index contributed by atoms with van der Waals surface area (Å²) in [4.78, 5) is 11.9. The molecule has 0 atom stereocenters. The number of benzene rings is 1. The average Bonchev–Trinajstić information content (AvgIpc) is 2.62. The Morgan fingerprint density at radius 1 is 1.32 bits per heavy atom. The van der Waals surface area contributed by atoms with E-state index in [2.05, 4.69) is 45.9 Å². The van der Waals surface area contributed by atoms with Gasteiger partial charge in [0.15, 0.2) is 0 Å². The molecule has 1 aromatic heterocycles. The van der Waals surface area contributed by atoms with Gasteiger partial charge in [0.2, 0.25) is 0 Å². The highest BCUT2D eigenvalue weighted by Gasteiger charge is 2.16. The molecular formula is C16H20O2S. The van der Waals surface area contributed by atoms with Crippen molar-refractivity contribution in [2.75, 3.05) is 0 Å². The van der Waals surface area contributed by atoms with E-state index in [-0.39, 0.29) is 11.8 Å². The molecule has 3 heteroatoms. The Kier molecular flexibility index (Phi) is 3.68. The van der Waals surface area contributed by atoms with Gasteiger partial charge in [0.1, 0.15) is 0 Å². The van der Waals surface area contributed by atoms with Crippen LogP contribution >= 0.6 is 11.3 Å². The van der Waals surface area contributed by atoms with Crippen LogP contribution in [0.25, 0.3) is 10.1 Å². The van der Waals surface area contributed by atoms with Crippen LogP contribution in [-0.2, 0) is 16.6 Å². The number of hydrogen-bond acceptors (Lipinski definition) is 2. The first-order valence-corrected chi connectivity index (χ1v) is 7.35. The Balaban J connectivity index is 2.43. The van der Waals surface area contributed by atoms with Crippen LogP contribution < -0.4 is 0 Å². The SMILES string of the molecule is Cc1c(CCC(=O)O)sc2ccc(C(C)(C)C)cc12. The lowest BCUT2D eigenvalue weighted by atomic mass is 9.86. The van der Waals surface area contributed by atoms with Gasteiger partial charge in [-0.25, -0.2) is 0 Å². The Bertz CT molecular complexity index is 617. The summed E-state index contributed by atoms with van der Waals surface area (Å²) in [5.74, 6) is -0.729. The molecule has 1 N–H and O–H groups in total. The third-order valence-corrected chi connectivity index (χ3v) is 4.80. The van der Waals surface area contributed by atoms with Crippen LogP contribution in [0.4, 0.5) is 0 Å². The van der Waals surface area contributed by atoms with Gasteiger partial charge in [-0.3, -0.25) is 4.79 Å². The normalized spacial score (nSPS) is 12.0. The average molecular weight is 276 g/mol. The molecule has 0 amide bonds. The molecule has 0 bridgehead atoms. The Labute approximate surface area is 118 Å². The maximum absolute atomic E-state index is 10.7. The standard InChI is InChI=1S/C16H20O2S/c1-10-12-9-11(16(2,3)4)5-6-14(12)19-13(10)7-8-15(17)18/h5-6,9H,7-8H2,1-4H3,(H,17,18). The molecule has 0 spiro atoms. The van der Waals surface area contributed by atoms with Crippen LogP contribution in [0, 0.1) is 6.92 Å². The van der Waals surface area contributed by atoms with Crippen LogP contribution in [-0.4, -0.2) is 11.1 Å². The van der Waals surface area contributed by atoms with Gasteiger partial charge in [-0.05, 0) is 47.4 Å². The molecule has 2 aromatic rings. The molecule has 0 saturated carbocycles. The number of carboxylic acid groups (broad SMARTS) is 1. The number of hydrogen-bond donors (Lipinski definition) is 1. The Morgan fingerprint density at radius 3 is 2.58 bits per heavy atom. The summed E-state index contributed by atoms with van der Waals surface area (Å²) in [5, 5.41) is 10.1. The van der Waals surface area contributed by atoms with Gasteiger partial charge in [-0.15, -0.1) is 11.3 Å². The summed E-state index contributed by atoms with van der Waals surface area (Å²) in [6, 6.07) is 6.60. The Hall–Kier alpha value is -1.35. The van der Waals surface area contributed by atoms with E-state index in [0.717, 1.165) is 0 Å². The molecule has 2 nitrogen and oxygen atoms in total. The second-order valence-corrected chi connectivity index (χ2v) is 7.14. The van der Waals surface area contributed by atoms with Gasteiger partial charge >= 0.3 is 5.97 Å². The van der Waals surface area contributed by atoms with Crippen LogP contribution in [0.15, 0.2) is 18.2 Å². The molecule has 0 unspecified atom stereocenters. The zero-order chi connectivity index (χ0) is 14.2. The number of rotatable bonds is 3. The summed E-state index contributed by atoms with van der Waals surface area (Å²) < 4.78 is 1.26. The van der Waals surface area contributed by atoms with Gasteiger partial charge in [0.25, 0.3) is 0 Å². The van der Waals surface area contributed by atoms with Crippen LogP contribution in [0.3, 0.4) is 0 Å². The summed E-state index contributed by atoms with van der Waals surface area (Å²) in [7, 11) is 0. The van der Waals surface area contributed by atoms with E-state index in [1.165, 1.54) is 26.1 Å². The van der Waals surface area contributed by atoms with E-state index in [9.17, 15) is 4.79 Å². The molecule has 19 heavy (non-hydrogen) atoms. The second kappa shape index (κ2) is 4.97. The van der Waals surface area contributed by atoms with Crippen molar-refractivity contribution >= 4 is 27.4 Å². The molecule has 102 valence electrons. The van der Waals surface area contributed by atoms with Crippen molar-refractivity contribution in [2.24, 2.45) is 0 Å². The van der Waals surface area contributed by atoms with Crippen LogP contribution in [0.1, 0.15) is 43.2 Å². The molecule has 0 aliphatic carbocycles. The topological polar surface area (TPSA) is 37.3 Å². The Morgan fingerprint density at radius 2 is 2.00 bits per heavy atom. The van der Waals surface area contributed by atoms with E-state index in [1.807, 2.05) is 0 Å². The first-order chi connectivity index (χ1) is 8.79. The number of carboxylic acids is 1. The molecule has 2 rings (SSSR count). The number of thiophene rings is 1. The number of carbonyl (C=O) groups is 1. The predicted molar refractivity (Wildman–Crippen MR) is 81.2 cm³/mol. The first kappa shape index (κ1) is 14.1. The molecule has 1 heterocycles. The summed E-state index contributed by atoms with van der Waals surface area (Å²) in [5.41, 5.74) is 2.71. The van der Waals surface area contributed by atoms with Crippen molar-refractivity contribution in [3.63, 3.8) is 0 Å². The lowest BCUT2D eigenvalue weighted by Crippen LogP contribution is -2.10. The fourth-order valence-corrected chi connectivity index (χ4v) is 3.39. The molecular weight excluding hydrogens is 256 g/mol. The summed E-state index contributed by atoms with van der Waals surface area (Å²) in [6.07, 6.45) is 0.838. The van der Waals surface area contributed by atoms with Gasteiger partial charge in [0.05, 0.1) is 6.42 Å². The van der Waals surface area contributed by atoms with Gasteiger partial charge in [-0.1, -0.05) is 26.8 Å². The minimum absolute atomic E-state index is 0.143. The second-order valence-electron chi connectivity index (χ2n) is 6.00. The quantitative estimate of drug-likeness (QED) is 0.894. The van der Waals surface area contributed by atoms with E-state index in [4.69, 9.17) is 5.11 Å². The number of aryl methyl sites for hydroxylation is 2. The zero-order valence-electron chi connectivity index (χ0n) is 11.9. The molecule has 0 aliphatic heterocycles. The van der Waals surface area contributed by atoms with Gasteiger partial charge < -0.3 is 5.11 Å². The van der Waals surface area contributed by atoms with E-state index in [1.54, 1.807) is 11.3 Å². The van der Waals surface area contributed by atoms with Crippen molar-refractivity contribution in [1.29, 1.82) is 0 Å². The van der Waals surface area contributed by atoms with Crippen molar-refractivity contribution in [2.45, 2.75) is 46.0 Å². The third-order valence-electron chi connectivity index (χ3n) is 3.47. The lowest BCUT2D eigenvalue weighted by molar-refractivity contribution is -0.136. The largest absolute Gasteiger partial charge is 0.481 e. The molecule has 0 aliphatic rings. The van der Waals surface area contributed by atoms with Crippen molar-refractivity contribution < 1.29 is 9.90 Å². The first-order valence-electron chi connectivity index (χ1n) is 6.53. The molecule has 0 saturated heterocycles. The smallest absolute Gasteiger partial charge is 0.303 e.